The van der Waals surface area contributed by atoms with Crippen LogP contribution < -0.4 is 0 Å². The van der Waals surface area contributed by atoms with Crippen LogP contribution in [0.3, 0.4) is 0 Å². The van der Waals surface area contributed by atoms with Crippen LogP contribution in [0.25, 0.3) is 0 Å². The van der Waals surface area contributed by atoms with E-state index in [2.05, 4.69) is 95.1 Å². The van der Waals surface area contributed by atoms with Gasteiger partial charge in [0.2, 0.25) is 0 Å². The van der Waals surface area contributed by atoms with Gasteiger partial charge in [0.1, 0.15) is 12.2 Å². The smallest absolute Gasteiger partial charge is 0.332 e. The lowest BCUT2D eigenvalue weighted by Crippen LogP contribution is -2.50. The maximum absolute atomic E-state index is 12.0. The third kappa shape index (κ3) is 10.6. The summed E-state index contributed by atoms with van der Waals surface area (Å²) >= 11 is 0. The van der Waals surface area contributed by atoms with E-state index in [1.807, 2.05) is 39.0 Å². The molecular formula is C39H58O4Si. The van der Waals surface area contributed by atoms with E-state index < -0.39 is 13.9 Å². The van der Waals surface area contributed by atoms with Crippen molar-refractivity contribution in [2.45, 2.75) is 130 Å². The van der Waals surface area contributed by atoms with Crippen molar-refractivity contribution in [3.8, 4) is 11.8 Å². The molecule has 44 heavy (non-hydrogen) atoms. The summed E-state index contributed by atoms with van der Waals surface area (Å²) in [6, 6.07) is 10.3. The van der Waals surface area contributed by atoms with Crippen LogP contribution in [0.15, 0.2) is 66.3 Å². The van der Waals surface area contributed by atoms with Gasteiger partial charge in [-0.3, -0.25) is 0 Å². The topological polar surface area (TPSA) is 44.8 Å². The molecule has 1 aromatic carbocycles. The zero-order chi connectivity index (χ0) is 32.5. The summed E-state index contributed by atoms with van der Waals surface area (Å²) in [5, 5.41) is 0.135. The zero-order valence-electron chi connectivity index (χ0n) is 29.1. The first kappa shape index (κ1) is 36.1. The highest BCUT2D eigenvalue weighted by atomic mass is 28.4. The summed E-state index contributed by atoms with van der Waals surface area (Å²) in [7, 11) is -2.00. The number of carbonyl (C=O) groups is 1. The molecule has 2 atom stereocenters. The lowest BCUT2D eigenvalue weighted by Gasteiger charge is -2.50. The Kier molecular flexibility index (Phi) is 12.5. The van der Waals surface area contributed by atoms with Crippen molar-refractivity contribution in [2.75, 3.05) is 13.2 Å². The molecule has 0 spiro atoms. The summed E-state index contributed by atoms with van der Waals surface area (Å²) in [6.07, 6.45) is 20.3. The van der Waals surface area contributed by atoms with Crippen molar-refractivity contribution < 1.29 is 18.7 Å². The Bertz CT molecular complexity index is 1230. The van der Waals surface area contributed by atoms with E-state index in [-0.39, 0.29) is 34.5 Å². The third-order valence-electron chi connectivity index (χ3n) is 9.70. The fraction of sp³-hybridized carbons (Fsp3) is 0.615. The number of hydrogen-bond donors (Lipinski definition) is 0. The highest BCUT2D eigenvalue weighted by molar-refractivity contribution is 6.74. The molecule has 2 aliphatic carbocycles. The first-order valence-corrected chi connectivity index (χ1v) is 19.5. The first-order valence-electron chi connectivity index (χ1n) is 16.6. The molecule has 0 bridgehead atoms. The average molecular weight is 619 g/mol. The Morgan fingerprint density at radius 2 is 1.70 bits per heavy atom. The highest BCUT2D eigenvalue weighted by Gasteiger charge is 2.48. The maximum Gasteiger partial charge on any atom is 0.332 e. The molecule has 0 saturated heterocycles. The van der Waals surface area contributed by atoms with E-state index >= 15 is 0 Å². The SMILES string of the molecule is CC(C)(C)OC(=O)COC/C=C1\CCCC[C@@]1(C)/C=C/C=C/C(O[Si](C)(C)C(C)(C)C)C1(CC#Cc2ccccc2)CCC1. The number of rotatable bonds is 11. The normalized spacial score (nSPS) is 22.4. The predicted molar refractivity (Wildman–Crippen MR) is 186 cm³/mol. The minimum atomic E-state index is -2.00. The van der Waals surface area contributed by atoms with Crippen molar-refractivity contribution in [2.24, 2.45) is 10.8 Å². The van der Waals surface area contributed by atoms with Gasteiger partial charge in [0, 0.05) is 22.8 Å². The van der Waals surface area contributed by atoms with Crippen molar-refractivity contribution in [3.63, 3.8) is 0 Å². The molecule has 1 aromatic rings. The summed E-state index contributed by atoms with van der Waals surface area (Å²) in [5.41, 5.74) is 2.00. The van der Waals surface area contributed by atoms with Gasteiger partial charge in [0.05, 0.1) is 12.7 Å². The van der Waals surface area contributed by atoms with Crippen LogP contribution in [-0.2, 0) is 18.7 Å². The molecule has 3 rings (SSSR count). The van der Waals surface area contributed by atoms with E-state index in [9.17, 15) is 4.79 Å². The van der Waals surface area contributed by atoms with Crippen LogP contribution in [-0.4, -0.2) is 39.2 Å². The molecule has 0 aliphatic heterocycles. The quantitative estimate of drug-likeness (QED) is 0.0618. The lowest BCUT2D eigenvalue weighted by molar-refractivity contribution is -0.159. The lowest BCUT2D eigenvalue weighted by atomic mass is 9.63. The van der Waals surface area contributed by atoms with Gasteiger partial charge in [-0.2, -0.15) is 0 Å². The monoisotopic (exact) mass is 618 g/mol. The Hall–Kier alpha value is -2.39. The van der Waals surface area contributed by atoms with Crippen LogP contribution in [0.2, 0.25) is 18.1 Å². The number of hydrogen-bond acceptors (Lipinski definition) is 4. The molecule has 0 radical (unpaired) electrons. The molecule has 2 saturated carbocycles. The molecule has 0 heterocycles. The summed E-state index contributed by atoms with van der Waals surface area (Å²) in [6.45, 7) is 20.0. The largest absolute Gasteiger partial charge is 0.458 e. The second kappa shape index (κ2) is 15.3. The van der Waals surface area contributed by atoms with Gasteiger partial charge in [0.15, 0.2) is 8.32 Å². The fourth-order valence-corrected chi connectivity index (χ4v) is 7.10. The highest BCUT2D eigenvalue weighted by Crippen LogP contribution is 2.51. The van der Waals surface area contributed by atoms with Crippen molar-refractivity contribution in [3.05, 3.63) is 71.8 Å². The van der Waals surface area contributed by atoms with Gasteiger partial charge in [-0.05, 0) is 83.1 Å². The van der Waals surface area contributed by atoms with Crippen LogP contribution in [0, 0.1) is 22.7 Å². The van der Waals surface area contributed by atoms with Crippen LogP contribution >= 0.6 is 0 Å². The van der Waals surface area contributed by atoms with E-state index in [0.29, 0.717) is 6.61 Å². The van der Waals surface area contributed by atoms with Crippen LogP contribution in [0.4, 0.5) is 0 Å². The summed E-state index contributed by atoms with van der Waals surface area (Å²) in [4.78, 5) is 12.0. The van der Waals surface area contributed by atoms with Gasteiger partial charge >= 0.3 is 5.97 Å². The standard InChI is InChI=1S/C39H58O4Si/c1-36(2,3)42-35(40)31-41-30-24-33-22-13-15-25-38(33,7)26-16-14-23-34(43-44(8,9)37(4,5)6)39(28-18-29-39)27-17-21-32-19-11-10-12-20-32/h10-12,14,16,19-20,23-24,26,34H,13,15,18,22,25,27-31H2,1-9H3/b23-14+,26-16+,33-24+/t34?,38-/m0/s1. The van der Waals surface area contributed by atoms with Crippen molar-refractivity contribution in [1.82, 2.24) is 0 Å². The predicted octanol–water partition coefficient (Wildman–Crippen LogP) is 9.97. The molecule has 0 aromatic heterocycles. The van der Waals surface area contributed by atoms with E-state index in [1.54, 1.807) is 0 Å². The number of esters is 1. The number of allylic oxidation sites excluding steroid dienone is 4. The van der Waals surface area contributed by atoms with Gasteiger partial charge in [-0.15, -0.1) is 0 Å². The second-order valence-electron chi connectivity index (χ2n) is 15.6. The third-order valence-corrected chi connectivity index (χ3v) is 14.2. The number of benzene rings is 1. The fourth-order valence-electron chi connectivity index (χ4n) is 5.78. The Morgan fingerprint density at radius 1 is 1.00 bits per heavy atom. The Morgan fingerprint density at radius 3 is 2.32 bits per heavy atom. The molecule has 0 amide bonds. The molecule has 5 heteroatoms. The van der Waals surface area contributed by atoms with Gasteiger partial charge in [0.25, 0.3) is 0 Å². The molecular weight excluding hydrogens is 561 g/mol. The maximum atomic E-state index is 12.0. The molecule has 242 valence electrons. The molecule has 1 unspecified atom stereocenters. The zero-order valence-corrected chi connectivity index (χ0v) is 30.1. The minimum Gasteiger partial charge on any atom is -0.458 e. The van der Waals surface area contributed by atoms with E-state index in [0.717, 1.165) is 37.7 Å². The molecule has 4 nitrogen and oxygen atoms in total. The van der Waals surface area contributed by atoms with Crippen LogP contribution in [0.1, 0.15) is 105 Å². The summed E-state index contributed by atoms with van der Waals surface area (Å²) in [5.74, 6) is 6.61. The first-order chi connectivity index (χ1) is 20.6. The van der Waals surface area contributed by atoms with Crippen LogP contribution in [0.5, 0.6) is 0 Å². The molecule has 2 aliphatic rings. The minimum absolute atomic E-state index is 0.0244. The molecule has 2 fully saturated rings. The second-order valence-corrected chi connectivity index (χ2v) is 20.3. The average Bonchev–Trinajstić information content (AvgIpc) is 2.90. The number of ether oxygens (including phenoxy) is 2. The van der Waals surface area contributed by atoms with E-state index in [1.165, 1.54) is 24.8 Å². The van der Waals surface area contributed by atoms with Crippen molar-refractivity contribution >= 4 is 14.3 Å². The van der Waals surface area contributed by atoms with Crippen molar-refractivity contribution in [1.29, 1.82) is 0 Å². The molecule has 0 N–H and O–H groups in total. The van der Waals surface area contributed by atoms with Gasteiger partial charge in [-0.1, -0.05) is 107 Å². The Balaban J connectivity index is 1.75. The Labute approximate surface area is 269 Å². The van der Waals surface area contributed by atoms with E-state index in [4.69, 9.17) is 13.9 Å². The van der Waals surface area contributed by atoms with Gasteiger partial charge < -0.3 is 13.9 Å². The number of carbonyl (C=O) groups excluding carboxylic acids is 1. The summed E-state index contributed by atoms with van der Waals surface area (Å²) < 4.78 is 18.2. The van der Waals surface area contributed by atoms with Gasteiger partial charge in [-0.25, -0.2) is 4.79 Å².